The fraction of sp³-hybridized carbons (Fsp3) is 0.774. The van der Waals surface area contributed by atoms with Gasteiger partial charge >= 0.3 is 6.09 Å². The molecule has 3 heterocycles. The molecule has 40 heavy (non-hydrogen) atoms. The molecule has 0 radical (unpaired) electrons. The topological polar surface area (TPSA) is 75.2 Å². The van der Waals surface area contributed by atoms with Gasteiger partial charge in [-0.15, -0.1) is 0 Å². The third-order valence-corrected chi connectivity index (χ3v) is 13.7. The Morgan fingerprint density at radius 2 is 1.73 bits per heavy atom. The molecule has 0 spiro atoms. The van der Waals surface area contributed by atoms with Crippen LogP contribution < -0.4 is 4.90 Å². The molecule has 1 saturated heterocycles. The number of anilines is 1. The van der Waals surface area contributed by atoms with Crippen LogP contribution in [0.25, 0.3) is 0 Å². The number of amides is 2. The minimum Gasteiger partial charge on any atom is -0.444 e. The van der Waals surface area contributed by atoms with Gasteiger partial charge in [0, 0.05) is 51.3 Å². The number of carbonyl (C=O) groups is 2. The van der Waals surface area contributed by atoms with Crippen LogP contribution in [0.15, 0.2) is 12.1 Å². The molecule has 9 heteroatoms. The van der Waals surface area contributed by atoms with E-state index in [9.17, 15) is 9.59 Å². The van der Waals surface area contributed by atoms with E-state index in [2.05, 4.69) is 50.9 Å². The molecule has 224 valence electrons. The third-order valence-electron chi connectivity index (χ3n) is 9.20. The summed E-state index contributed by atoms with van der Waals surface area (Å²) in [6, 6.07) is 4.10. The molecule has 0 N–H and O–H groups in total. The van der Waals surface area contributed by atoms with Crippen LogP contribution in [-0.2, 0) is 26.9 Å². The summed E-state index contributed by atoms with van der Waals surface area (Å²) in [5.41, 5.74) is 1.69. The van der Waals surface area contributed by atoms with E-state index in [1.165, 1.54) is 25.7 Å². The first kappa shape index (κ1) is 30.8. The summed E-state index contributed by atoms with van der Waals surface area (Å²) in [7, 11) is -1.99. The van der Waals surface area contributed by atoms with Crippen molar-refractivity contribution in [1.29, 1.82) is 0 Å². The van der Waals surface area contributed by atoms with Gasteiger partial charge in [-0.2, -0.15) is 0 Å². The molecule has 2 amide bonds. The largest absolute Gasteiger partial charge is 0.444 e. The quantitative estimate of drug-likeness (QED) is 0.390. The lowest BCUT2D eigenvalue weighted by atomic mass is 10.0. The molecule has 0 aromatic carbocycles. The molecule has 1 unspecified atom stereocenters. The summed E-state index contributed by atoms with van der Waals surface area (Å²) >= 11 is 0. The maximum Gasteiger partial charge on any atom is 0.410 e. The lowest BCUT2D eigenvalue weighted by Crippen LogP contribution is -2.59. The lowest BCUT2D eigenvalue weighted by Gasteiger charge is -2.44. The molecule has 3 aliphatic rings. The average Bonchev–Trinajstić information content (AvgIpc) is 3.38. The number of piperazine rings is 1. The third kappa shape index (κ3) is 7.58. The normalized spacial score (nSPS) is 21.0. The molecular formula is C31H52N4O4Si. The number of fused-ring (bicyclic) bond motifs is 1. The standard InChI is InChI=1S/C31H52N4O4Si/c1-30(2,3)39-29(37)35-18-17-33(21-25(35)22-38-40(7,8)31(4,5)6)27-14-13-24-20-34(16-15-26(24)32-27)28(36)19-23-11-9-10-12-23/h13-14,23,25H,9-12,15-22H2,1-8H3. The number of nitrogens with zero attached hydrogens (tertiary/aromatic N) is 4. The van der Waals surface area contributed by atoms with Gasteiger partial charge < -0.3 is 19.0 Å². The highest BCUT2D eigenvalue weighted by atomic mass is 28.4. The van der Waals surface area contributed by atoms with Gasteiger partial charge in [-0.3, -0.25) is 9.69 Å². The summed E-state index contributed by atoms with van der Waals surface area (Å²) < 4.78 is 12.4. The molecule has 2 fully saturated rings. The molecule has 4 rings (SSSR count). The first-order valence-corrected chi connectivity index (χ1v) is 18.2. The van der Waals surface area contributed by atoms with Crippen molar-refractivity contribution >= 4 is 26.1 Å². The fourth-order valence-electron chi connectivity index (χ4n) is 5.67. The van der Waals surface area contributed by atoms with E-state index in [-0.39, 0.29) is 17.2 Å². The van der Waals surface area contributed by atoms with E-state index in [1.807, 2.05) is 30.6 Å². The van der Waals surface area contributed by atoms with Crippen molar-refractivity contribution in [2.45, 2.75) is 116 Å². The van der Waals surface area contributed by atoms with Crippen LogP contribution in [0.3, 0.4) is 0 Å². The summed E-state index contributed by atoms with van der Waals surface area (Å²) in [6.07, 6.45) is 6.13. The zero-order valence-corrected chi connectivity index (χ0v) is 27.2. The number of ether oxygens (including phenoxy) is 1. The molecular weight excluding hydrogens is 520 g/mol. The Hall–Kier alpha value is -2.13. The van der Waals surface area contributed by atoms with Crippen LogP contribution in [0.5, 0.6) is 0 Å². The van der Waals surface area contributed by atoms with Crippen molar-refractivity contribution in [3.63, 3.8) is 0 Å². The average molecular weight is 573 g/mol. The van der Waals surface area contributed by atoms with E-state index >= 15 is 0 Å². The zero-order chi connectivity index (χ0) is 29.3. The second-order valence-electron chi connectivity index (χ2n) is 14.5. The molecule has 1 saturated carbocycles. The van der Waals surface area contributed by atoms with Crippen LogP contribution in [0.4, 0.5) is 10.6 Å². The predicted octanol–water partition coefficient (Wildman–Crippen LogP) is 5.99. The Morgan fingerprint density at radius 3 is 2.38 bits per heavy atom. The zero-order valence-electron chi connectivity index (χ0n) is 26.2. The Bertz CT molecular complexity index is 1060. The van der Waals surface area contributed by atoms with Crippen molar-refractivity contribution < 1.29 is 18.8 Å². The summed E-state index contributed by atoms with van der Waals surface area (Å²) in [5, 5.41) is 0.0878. The fourth-order valence-corrected chi connectivity index (χ4v) is 6.71. The predicted molar refractivity (Wildman–Crippen MR) is 162 cm³/mol. The second-order valence-corrected chi connectivity index (χ2v) is 19.3. The Balaban J connectivity index is 1.44. The number of aromatic nitrogens is 1. The number of carbonyl (C=O) groups excluding carboxylic acids is 2. The van der Waals surface area contributed by atoms with Crippen LogP contribution in [0.1, 0.15) is 84.9 Å². The molecule has 1 aromatic heterocycles. The maximum atomic E-state index is 13.2. The van der Waals surface area contributed by atoms with Crippen LogP contribution >= 0.6 is 0 Å². The second kappa shape index (κ2) is 12.0. The van der Waals surface area contributed by atoms with Gasteiger partial charge in [0.1, 0.15) is 11.4 Å². The SMILES string of the molecule is CC(C)(C)OC(=O)N1CCN(c2ccc3c(n2)CCN(C(=O)CC2CCCC2)C3)CC1CO[Si](C)(C)C(C)(C)C. The van der Waals surface area contributed by atoms with Gasteiger partial charge in [-0.25, -0.2) is 9.78 Å². The van der Waals surface area contributed by atoms with Gasteiger partial charge in [-0.05, 0) is 69.3 Å². The summed E-state index contributed by atoms with van der Waals surface area (Å²) in [5.74, 6) is 1.80. The summed E-state index contributed by atoms with van der Waals surface area (Å²) in [6.45, 7) is 20.7. The molecule has 1 atom stereocenters. The van der Waals surface area contributed by atoms with Crippen molar-refractivity contribution in [3.8, 4) is 0 Å². The molecule has 1 aromatic rings. The number of hydrogen-bond donors (Lipinski definition) is 0. The van der Waals surface area contributed by atoms with Crippen molar-refractivity contribution in [1.82, 2.24) is 14.8 Å². The first-order chi connectivity index (χ1) is 18.6. The minimum absolute atomic E-state index is 0.0878. The van der Waals surface area contributed by atoms with E-state index in [4.69, 9.17) is 14.1 Å². The molecule has 2 aliphatic heterocycles. The lowest BCUT2D eigenvalue weighted by molar-refractivity contribution is -0.133. The monoisotopic (exact) mass is 572 g/mol. The Labute approximate surface area is 242 Å². The Kier molecular flexibility index (Phi) is 9.25. The molecule has 1 aliphatic carbocycles. The van der Waals surface area contributed by atoms with Crippen LogP contribution in [0, 0.1) is 5.92 Å². The van der Waals surface area contributed by atoms with E-state index < -0.39 is 13.9 Å². The smallest absolute Gasteiger partial charge is 0.410 e. The minimum atomic E-state index is -1.99. The highest BCUT2D eigenvalue weighted by molar-refractivity contribution is 6.74. The highest BCUT2D eigenvalue weighted by Crippen LogP contribution is 2.37. The van der Waals surface area contributed by atoms with Crippen LogP contribution in [0.2, 0.25) is 18.1 Å². The van der Waals surface area contributed by atoms with Gasteiger partial charge in [0.25, 0.3) is 0 Å². The number of hydrogen-bond acceptors (Lipinski definition) is 6. The van der Waals surface area contributed by atoms with Gasteiger partial charge in [0.2, 0.25) is 5.91 Å². The maximum absolute atomic E-state index is 13.2. The van der Waals surface area contributed by atoms with E-state index in [1.54, 1.807) is 0 Å². The molecule has 0 bridgehead atoms. The highest BCUT2D eigenvalue weighted by Gasteiger charge is 2.40. The molecule has 8 nitrogen and oxygen atoms in total. The van der Waals surface area contributed by atoms with E-state index in [0.29, 0.717) is 51.0 Å². The van der Waals surface area contributed by atoms with Crippen molar-refractivity contribution in [2.75, 3.05) is 37.7 Å². The summed E-state index contributed by atoms with van der Waals surface area (Å²) in [4.78, 5) is 37.3. The first-order valence-electron chi connectivity index (χ1n) is 15.3. The van der Waals surface area contributed by atoms with Gasteiger partial charge in [-0.1, -0.05) is 39.7 Å². The van der Waals surface area contributed by atoms with Crippen LogP contribution in [-0.4, -0.2) is 79.5 Å². The van der Waals surface area contributed by atoms with E-state index in [0.717, 1.165) is 30.0 Å². The number of rotatable bonds is 6. The Morgan fingerprint density at radius 1 is 1.02 bits per heavy atom. The van der Waals surface area contributed by atoms with Crippen molar-refractivity contribution in [3.05, 3.63) is 23.4 Å². The van der Waals surface area contributed by atoms with Gasteiger partial charge in [0.15, 0.2) is 8.32 Å². The van der Waals surface area contributed by atoms with Gasteiger partial charge in [0.05, 0.1) is 12.6 Å². The van der Waals surface area contributed by atoms with Crippen molar-refractivity contribution in [2.24, 2.45) is 5.92 Å². The number of pyridine rings is 1.